The van der Waals surface area contributed by atoms with E-state index in [0.717, 1.165) is 101 Å². The van der Waals surface area contributed by atoms with E-state index in [9.17, 15) is 4.79 Å². The molecule has 0 aromatic carbocycles. The lowest BCUT2D eigenvalue weighted by molar-refractivity contribution is 0.0771. The van der Waals surface area contributed by atoms with Gasteiger partial charge in [-0.3, -0.25) is 9.78 Å². The van der Waals surface area contributed by atoms with E-state index >= 15 is 0 Å². The van der Waals surface area contributed by atoms with Gasteiger partial charge in [0.15, 0.2) is 0 Å². The number of hydrogen-bond acceptors (Lipinski definition) is 10. The summed E-state index contributed by atoms with van der Waals surface area (Å²) in [5, 5.41) is 17.1. The normalized spacial score (nSPS) is 19.4. The van der Waals surface area contributed by atoms with Crippen molar-refractivity contribution in [3.8, 4) is 21.9 Å². The summed E-state index contributed by atoms with van der Waals surface area (Å²) in [6.07, 6.45) is 12.8. The molecule has 11 heteroatoms. The van der Waals surface area contributed by atoms with Crippen LogP contribution < -0.4 is 10.6 Å². The number of methoxy groups -OCH3 is 1. The number of ether oxygens (including phenoxy) is 1. The summed E-state index contributed by atoms with van der Waals surface area (Å²) in [7, 11) is 3.63. The molecule has 2 N–H and O–H groups in total. The number of hydrogen-bond donors (Lipinski definition) is 2. The molecule has 1 aliphatic carbocycles. The Labute approximate surface area is 279 Å². The number of nitrogens with zero attached hydrogens (tertiary/aromatic N) is 5. The highest BCUT2D eigenvalue weighted by molar-refractivity contribution is 7.23. The molecule has 10 nitrogen and oxygen atoms in total. The quantitative estimate of drug-likeness (QED) is 0.163. The number of amides is 1. The Morgan fingerprint density at radius 1 is 1.21 bits per heavy atom. The molecule has 3 atom stereocenters. The van der Waals surface area contributed by atoms with Crippen molar-refractivity contribution in [3.63, 3.8) is 0 Å². The second-order valence-corrected chi connectivity index (χ2v) is 13.8. The molecule has 2 aliphatic heterocycles. The van der Waals surface area contributed by atoms with Gasteiger partial charge in [-0.1, -0.05) is 32.4 Å². The van der Waals surface area contributed by atoms with Crippen molar-refractivity contribution in [3.05, 3.63) is 64.6 Å². The first-order valence-electron chi connectivity index (χ1n) is 16.8. The lowest BCUT2D eigenvalue weighted by Crippen LogP contribution is -2.22. The van der Waals surface area contributed by atoms with Crippen molar-refractivity contribution in [2.75, 3.05) is 32.6 Å². The number of allylic oxidation sites excluding steroid dienone is 1. The van der Waals surface area contributed by atoms with E-state index in [2.05, 4.69) is 52.9 Å². The number of carbonyl (C=O) groups excluding carboxylic acids is 1. The third-order valence-corrected chi connectivity index (χ3v) is 11.1. The second kappa shape index (κ2) is 13.2. The molecule has 0 fully saturated rings. The van der Waals surface area contributed by atoms with Crippen LogP contribution in [-0.2, 0) is 11.2 Å². The highest BCUT2D eigenvalue weighted by Crippen LogP contribution is 2.49. The van der Waals surface area contributed by atoms with Gasteiger partial charge in [-0.2, -0.15) is 0 Å². The zero-order chi connectivity index (χ0) is 32.7. The molecule has 0 saturated heterocycles. The molecule has 0 spiro atoms. The Morgan fingerprint density at radius 3 is 2.85 bits per heavy atom. The monoisotopic (exact) mass is 653 g/mol. The Balaban J connectivity index is 1.39. The summed E-state index contributed by atoms with van der Waals surface area (Å²) < 4.78 is 12.6. The van der Waals surface area contributed by atoms with Crippen LogP contribution >= 0.6 is 11.3 Å². The number of nitrogens with one attached hydrogen (secondary N) is 2. The van der Waals surface area contributed by atoms with Crippen LogP contribution in [0.2, 0.25) is 0 Å². The third-order valence-electron chi connectivity index (χ3n) is 9.97. The molecule has 1 amide bonds. The number of carbonyl (C=O) groups is 1. The zero-order valence-electron chi connectivity index (χ0n) is 27.9. The van der Waals surface area contributed by atoms with Gasteiger partial charge in [-0.05, 0) is 67.5 Å². The van der Waals surface area contributed by atoms with Crippen LogP contribution in [-0.4, -0.2) is 64.3 Å². The molecule has 3 aliphatic rings. The molecular formula is C36H43N7O3S. The van der Waals surface area contributed by atoms with Crippen LogP contribution in [0.15, 0.2) is 46.2 Å². The molecule has 47 heavy (non-hydrogen) atoms. The minimum atomic E-state index is -0.0980. The molecule has 6 heterocycles. The Hall–Kier alpha value is -4.09. The minimum Gasteiger partial charge on any atom is -0.421 e. The standard InChI is InChI=1S/C36H43N7O3S/c1-6-21(15-18-45-5)10-11-26-29(35-42-41-20(3)46-35)30(31-32(39-26)27(7-2)43(4)36(31)44)28-19-22-14-17-38-34(33(22)47-28)40-25-13-12-24-23(25)9-8-16-37-24/h8-9,14,17,19,21,25,27,37H,6-7,10-13,15-16,18H2,1-5H3,(H,38,40). The first-order chi connectivity index (χ1) is 22.9. The summed E-state index contributed by atoms with van der Waals surface area (Å²) in [4.78, 5) is 27.0. The number of dihydropyridines is 1. The molecule has 0 bridgehead atoms. The van der Waals surface area contributed by atoms with E-state index in [-0.39, 0.29) is 18.0 Å². The number of thiophene rings is 1. The van der Waals surface area contributed by atoms with Crippen LogP contribution in [0, 0.1) is 12.8 Å². The highest BCUT2D eigenvalue weighted by Gasteiger charge is 2.40. The van der Waals surface area contributed by atoms with Crippen LogP contribution in [0.25, 0.3) is 32.0 Å². The topological polar surface area (TPSA) is 118 Å². The average molecular weight is 654 g/mol. The van der Waals surface area contributed by atoms with Gasteiger partial charge < -0.3 is 24.7 Å². The number of aromatic nitrogens is 4. The fourth-order valence-corrected chi connectivity index (χ4v) is 8.56. The van der Waals surface area contributed by atoms with Gasteiger partial charge in [-0.15, -0.1) is 21.5 Å². The number of anilines is 1. The first-order valence-corrected chi connectivity index (χ1v) is 17.7. The van der Waals surface area contributed by atoms with Crippen molar-refractivity contribution < 1.29 is 13.9 Å². The Kier molecular flexibility index (Phi) is 8.85. The van der Waals surface area contributed by atoms with E-state index in [1.807, 2.05) is 24.2 Å². The maximum atomic E-state index is 14.1. The molecule has 246 valence electrons. The van der Waals surface area contributed by atoms with Gasteiger partial charge in [0.1, 0.15) is 5.82 Å². The molecule has 0 saturated carbocycles. The van der Waals surface area contributed by atoms with Crippen LogP contribution in [0.5, 0.6) is 0 Å². The van der Waals surface area contributed by atoms with Crippen molar-refractivity contribution in [1.29, 1.82) is 0 Å². The van der Waals surface area contributed by atoms with Gasteiger partial charge in [0.25, 0.3) is 5.91 Å². The smallest absolute Gasteiger partial charge is 0.256 e. The summed E-state index contributed by atoms with van der Waals surface area (Å²) in [6, 6.07) is 4.32. The SMILES string of the molecule is CCC(CCOC)CCc1nc2c(c(-c3cc4ccnc(NC5CCC6=C5C=CCN6)c4s3)c1-c1nnc(C)o1)C(=O)N(C)C2CC. The number of rotatable bonds is 12. The summed E-state index contributed by atoms with van der Waals surface area (Å²) in [5.41, 5.74) is 6.61. The summed E-state index contributed by atoms with van der Waals surface area (Å²) in [5.74, 6) is 2.19. The Bertz CT molecular complexity index is 1880. The average Bonchev–Trinajstić information content (AvgIpc) is 3.86. The van der Waals surface area contributed by atoms with Gasteiger partial charge in [0.05, 0.1) is 39.3 Å². The van der Waals surface area contributed by atoms with E-state index in [1.54, 1.807) is 25.4 Å². The molecular weight excluding hydrogens is 611 g/mol. The van der Waals surface area contributed by atoms with Crippen molar-refractivity contribution in [1.82, 2.24) is 30.4 Å². The van der Waals surface area contributed by atoms with Crippen molar-refractivity contribution in [2.45, 2.75) is 77.8 Å². The van der Waals surface area contributed by atoms with Crippen LogP contribution in [0.1, 0.15) is 86.1 Å². The lowest BCUT2D eigenvalue weighted by Gasteiger charge is -2.19. The predicted octanol–water partition coefficient (Wildman–Crippen LogP) is 7.24. The van der Waals surface area contributed by atoms with Gasteiger partial charge in [0.2, 0.25) is 11.8 Å². The fourth-order valence-electron chi connectivity index (χ4n) is 7.39. The first kappa shape index (κ1) is 31.5. The lowest BCUT2D eigenvalue weighted by atomic mass is 9.90. The van der Waals surface area contributed by atoms with E-state index in [1.165, 1.54) is 11.3 Å². The number of fused-ring (bicyclic) bond motifs is 2. The van der Waals surface area contributed by atoms with E-state index in [0.29, 0.717) is 23.3 Å². The van der Waals surface area contributed by atoms with Crippen LogP contribution in [0.4, 0.5) is 5.82 Å². The van der Waals surface area contributed by atoms with Gasteiger partial charge in [0, 0.05) is 56.6 Å². The van der Waals surface area contributed by atoms with E-state index in [4.69, 9.17) is 19.1 Å². The summed E-state index contributed by atoms with van der Waals surface area (Å²) in [6.45, 7) is 7.75. The third kappa shape index (κ3) is 5.73. The van der Waals surface area contributed by atoms with Gasteiger partial charge >= 0.3 is 0 Å². The Morgan fingerprint density at radius 2 is 2.09 bits per heavy atom. The molecule has 3 unspecified atom stereocenters. The number of pyridine rings is 2. The summed E-state index contributed by atoms with van der Waals surface area (Å²) >= 11 is 1.65. The van der Waals surface area contributed by atoms with E-state index < -0.39 is 0 Å². The van der Waals surface area contributed by atoms with Crippen LogP contribution in [0.3, 0.4) is 0 Å². The second-order valence-electron chi connectivity index (χ2n) is 12.8. The van der Waals surface area contributed by atoms with Crippen molar-refractivity contribution in [2.24, 2.45) is 5.92 Å². The largest absolute Gasteiger partial charge is 0.421 e. The fraction of sp³-hybridized carbons (Fsp3) is 0.472. The molecule has 4 aromatic heterocycles. The molecule has 7 rings (SSSR count). The minimum absolute atomic E-state index is 0.0270. The molecule has 4 aromatic rings. The predicted molar refractivity (Wildman–Crippen MR) is 185 cm³/mol. The zero-order valence-corrected chi connectivity index (χ0v) is 28.7. The molecule has 0 radical (unpaired) electrons. The number of aryl methyl sites for hydroxylation is 2. The van der Waals surface area contributed by atoms with Gasteiger partial charge in [-0.25, -0.2) is 4.98 Å². The maximum absolute atomic E-state index is 14.1. The van der Waals surface area contributed by atoms with Crippen molar-refractivity contribution >= 4 is 33.1 Å². The maximum Gasteiger partial charge on any atom is 0.256 e. The highest BCUT2D eigenvalue weighted by atomic mass is 32.1.